The van der Waals surface area contributed by atoms with E-state index in [1.54, 1.807) is 24.3 Å². The number of carboxylic acid groups (broad SMARTS) is 1. The van der Waals surface area contributed by atoms with Crippen LogP contribution < -0.4 is 0 Å². The molecule has 1 heterocycles. The van der Waals surface area contributed by atoms with Crippen LogP contribution in [0.3, 0.4) is 0 Å². The summed E-state index contributed by atoms with van der Waals surface area (Å²) in [5, 5.41) is 20.6. The lowest BCUT2D eigenvalue weighted by Gasteiger charge is -2.29. The molecule has 0 aromatic heterocycles. The number of likely N-dealkylation sites (tertiary alicyclic amines) is 1. The zero-order valence-electron chi connectivity index (χ0n) is 15.3. The standard InChI is InChI=1S/C19H24N2O5/c1-19(2,3)14-9-7-13(8-10-14)17(22)15(16(18(23)24)21(25)26)20-11-5-4-6-12-20/h7-10H,4-6,11-12H2,1-3H3,(H,23,24)/b16-15+. The number of nitrogens with zero attached hydrogens (tertiary/aromatic N) is 2. The van der Waals surface area contributed by atoms with Crippen molar-refractivity contribution in [3.63, 3.8) is 0 Å². The van der Waals surface area contributed by atoms with E-state index in [-0.39, 0.29) is 16.7 Å². The Morgan fingerprint density at radius 3 is 2.04 bits per heavy atom. The van der Waals surface area contributed by atoms with Gasteiger partial charge in [0.15, 0.2) is 5.70 Å². The van der Waals surface area contributed by atoms with Gasteiger partial charge in [-0.15, -0.1) is 0 Å². The van der Waals surface area contributed by atoms with Gasteiger partial charge >= 0.3 is 11.7 Å². The summed E-state index contributed by atoms with van der Waals surface area (Å²) in [6.45, 7) is 6.99. The molecule has 26 heavy (non-hydrogen) atoms. The molecule has 0 atom stereocenters. The van der Waals surface area contributed by atoms with E-state index in [4.69, 9.17) is 0 Å². The molecule has 0 radical (unpaired) electrons. The Morgan fingerprint density at radius 2 is 1.62 bits per heavy atom. The number of allylic oxidation sites excluding steroid dienone is 1. The van der Waals surface area contributed by atoms with Crippen molar-refractivity contribution in [3.8, 4) is 0 Å². The van der Waals surface area contributed by atoms with Gasteiger partial charge in [-0.05, 0) is 30.2 Å². The summed E-state index contributed by atoms with van der Waals surface area (Å²) in [6.07, 6.45) is 2.49. The second-order valence-corrected chi connectivity index (χ2v) is 7.46. The van der Waals surface area contributed by atoms with Crippen LogP contribution in [0.15, 0.2) is 35.7 Å². The van der Waals surface area contributed by atoms with Crippen LogP contribution in [0.2, 0.25) is 0 Å². The average molecular weight is 360 g/mol. The molecule has 0 bridgehead atoms. The predicted molar refractivity (Wildman–Crippen MR) is 96.6 cm³/mol. The van der Waals surface area contributed by atoms with E-state index in [1.807, 2.05) is 20.8 Å². The highest BCUT2D eigenvalue weighted by Gasteiger charge is 2.36. The lowest BCUT2D eigenvalue weighted by molar-refractivity contribution is -0.422. The molecular weight excluding hydrogens is 336 g/mol. The van der Waals surface area contributed by atoms with Crippen LogP contribution in [0.1, 0.15) is 56.0 Å². The maximum Gasteiger partial charge on any atom is 0.409 e. The smallest absolute Gasteiger partial charge is 0.409 e. The minimum Gasteiger partial charge on any atom is -0.473 e. The van der Waals surface area contributed by atoms with Gasteiger partial charge in [0.1, 0.15) is 0 Å². The molecule has 1 aromatic carbocycles. The molecule has 1 saturated heterocycles. The molecule has 0 amide bonds. The third-order valence-corrected chi connectivity index (χ3v) is 4.51. The van der Waals surface area contributed by atoms with Gasteiger partial charge in [-0.3, -0.25) is 14.9 Å². The van der Waals surface area contributed by atoms with Gasteiger partial charge in [0.2, 0.25) is 5.78 Å². The lowest BCUT2D eigenvalue weighted by atomic mass is 9.86. The van der Waals surface area contributed by atoms with E-state index in [0.29, 0.717) is 13.1 Å². The number of nitro groups is 1. The van der Waals surface area contributed by atoms with Crippen molar-refractivity contribution in [3.05, 3.63) is 56.9 Å². The fraction of sp³-hybridized carbons (Fsp3) is 0.474. The minimum atomic E-state index is -1.70. The van der Waals surface area contributed by atoms with E-state index in [1.165, 1.54) is 4.90 Å². The van der Waals surface area contributed by atoms with Crippen LogP contribution in [0, 0.1) is 10.1 Å². The molecule has 2 rings (SSSR count). The van der Waals surface area contributed by atoms with Gasteiger partial charge in [0.05, 0.1) is 4.92 Å². The fourth-order valence-corrected chi connectivity index (χ4v) is 3.04. The number of benzene rings is 1. The van der Waals surface area contributed by atoms with Crippen molar-refractivity contribution in [1.82, 2.24) is 4.90 Å². The van der Waals surface area contributed by atoms with Crippen LogP contribution in [-0.4, -0.2) is 39.8 Å². The topological polar surface area (TPSA) is 101 Å². The molecule has 140 valence electrons. The maximum atomic E-state index is 13.0. The van der Waals surface area contributed by atoms with Crippen molar-refractivity contribution < 1.29 is 19.6 Å². The van der Waals surface area contributed by atoms with E-state index < -0.39 is 22.4 Å². The summed E-state index contributed by atoms with van der Waals surface area (Å²) in [5.74, 6) is -2.32. The first-order valence-electron chi connectivity index (χ1n) is 8.65. The summed E-state index contributed by atoms with van der Waals surface area (Å²) in [7, 11) is 0. The quantitative estimate of drug-likeness (QED) is 0.374. The van der Waals surface area contributed by atoms with E-state index in [0.717, 1.165) is 24.8 Å². The van der Waals surface area contributed by atoms with Gasteiger partial charge in [-0.2, -0.15) is 0 Å². The van der Waals surface area contributed by atoms with Crippen LogP contribution in [-0.2, 0) is 10.2 Å². The van der Waals surface area contributed by atoms with E-state index in [9.17, 15) is 24.8 Å². The molecule has 1 aromatic rings. The number of hydrogen-bond donors (Lipinski definition) is 1. The first-order chi connectivity index (χ1) is 12.1. The van der Waals surface area contributed by atoms with Gasteiger partial charge in [0.25, 0.3) is 0 Å². The van der Waals surface area contributed by atoms with Gasteiger partial charge in [0, 0.05) is 18.7 Å². The van der Waals surface area contributed by atoms with Crippen molar-refractivity contribution in [1.29, 1.82) is 0 Å². The third-order valence-electron chi connectivity index (χ3n) is 4.51. The number of hydrogen-bond acceptors (Lipinski definition) is 5. The monoisotopic (exact) mass is 360 g/mol. The molecule has 0 unspecified atom stereocenters. The summed E-state index contributed by atoms with van der Waals surface area (Å²) >= 11 is 0. The lowest BCUT2D eigenvalue weighted by Crippen LogP contribution is -2.36. The Morgan fingerprint density at radius 1 is 1.08 bits per heavy atom. The minimum absolute atomic E-state index is 0.0970. The van der Waals surface area contributed by atoms with Crippen LogP contribution in [0.5, 0.6) is 0 Å². The predicted octanol–water partition coefficient (Wildman–Crippen LogP) is 3.23. The van der Waals surface area contributed by atoms with Crippen molar-refractivity contribution in [2.75, 3.05) is 13.1 Å². The summed E-state index contributed by atoms with van der Waals surface area (Å²) in [4.78, 5) is 36.3. The van der Waals surface area contributed by atoms with E-state index in [2.05, 4.69) is 0 Å². The number of ketones is 1. The Kier molecular flexibility index (Phi) is 5.79. The Hall–Kier alpha value is -2.70. The van der Waals surface area contributed by atoms with Gasteiger partial charge in [-0.1, -0.05) is 45.0 Å². The number of carbonyl (C=O) groups excluding carboxylic acids is 1. The van der Waals surface area contributed by atoms with Crippen LogP contribution in [0.25, 0.3) is 0 Å². The maximum absolute atomic E-state index is 13.0. The van der Waals surface area contributed by atoms with Gasteiger partial charge in [-0.25, -0.2) is 4.79 Å². The number of Topliss-reactive ketones (excluding diaryl/α,β-unsaturated/α-hetero) is 1. The molecular formula is C19H24N2O5. The third kappa shape index (κ3) is 4.28. The molecule has 7 heteroatoms. The SMILES string of the molecule is CC(C)(C)c1ccc(C(=O)/C(=C(/C(=O)O)[N+](=O)[O-])N2CCCCC2)cc1. The molecule has 0 aliphatic carbocycles. The number of rotatable bonds is 5. The second kappa shape index (κ2) is 7.68. The summed E-state index contributed by atoms with van der Waals surface area (Å²) in [6, 6.07) is 6.81. The molecule has 0 saturated carbocycles. The molecule has 1 aliphatic heterocycles. The number of piperidine rings is 1. The highest BCUT2D eigenvalue weighted by Crippen LogP contribution is 2.25. The van der Waals surface area contributed by atoms with E-state index >= 15 is 0 Å². The molecule has 7 nitrogen and oxygen atoms in total. The Balaban J connectivity index is 2.51. The van der Waals surface area contributed by atoms with Crippen molar-refractivity contribution in [2.24, 2.45) is 0 Å². The Labute approximate surface area is 152 Å². The average Bonchev–Trinajstić information content (AvgIpc) is 2.58. The largest absolute Gasteiger partial charge is 0.473 e. The second-order valence-electron chi connectivity index (χ2n) is 7.46. The zero-order chi connectivity index (χ0) is 19.5. The van der Waals surface area contributed by atoms with Crippen LogP contribution >= 0.6 is 0 Å². The fourth-order valence-electron chi connectivity index (χ4n) is 3.04. The molecule has 1 fully saturated rings. The van der Waals surface area contributed by atoms with Crippen molar-refractivity contribution >= 4 is 11.8 Å². The normalized spacial score (nSPS) is 16.0. The highest BCUT2D eigenvalue weighted by atomic mass is 16.6. The molecule has 0 spiro atoms. The zero-order valence-corrected chi connectivity index (χ0v) is 15.3. The molecule has 1 aliphatic rings. The number of carbonyl (C=O) groups is 2. The van der Waals surface area contributed by atoms with Crippen molar-refractivity contribution in [2.45, 2.75) is 45.4 Å². The summed E-state index contributed by atoms with van der Waals surface area (Å²) < 4.78 is 0. The first kappa shape index (κ1) is 19.6. The number of carboxylic acids is 1. The van der Waals surface area contributed by atoms with Crippen LogP contribution in [0.4, 0.5) is 0 Å². The van der Waals surface area contributed by atoms with Gasteiger partial charge < -0.3 is 10.0 Å². The first-order valence-corrected chi connectivity index (χ1v) is 8.65. The summed E-state index contributed by atoms with van der Waals surface area (Å²) in [5.41, 5.74) is -0.216. The highest BCUT2D eigenvalue weighted by molar-refractivity contribution is 6.11. The molecule has 1 N–H and O–H groups in total. The Bertz CT molecular complexity index is 722. The number of aliphatic carboxylic acids is 1.